The summed E-state index contributed by atoms with van der Waals surface area (Å²) in [6.07, 6.45) is 2.00. The quantitative estimate of drug-likeness (QED) is 0.579. The lowest BCUT2D eigenvalue weighted by molar-refractivity contribution is -0.385. The van der Waals surface area contributed by atoms with Crippen molar-refractivity contribution in [3.63, 3.8) is 0 Å². The van der Waals surface area contributed by atoms with Crippen LogP contribution in [0.25, 0.3) is 0 Å². The predicted octanol–water partition coefficient (Wildman–Crippen LogP) is 0.125. The van der Waals surface area contributed by atoms with E-state index in [9.17, 15) is 23.3 Å². The molecule has 0 aliphatic carbocycles. The van der Waals surface area contributed by atoms with E-state index in [1.165, 1.54) is 13.8 Å². The molecule has 0 fully saturated rings. The van der Waals surface area contributed by atoms with E-state index in [0.29, 0.717) is 0 Å². The second kappa shape index (κ2) is 5.64. The van der Waals surface area contributed by atoms with Gasteiger partial charge in [-0.25, -0.2) is 13.4 Å². The highest BCUT2D eigenvalue weighted by atomic mass is 32.2. The average Bonchev–Trinajstić information content (AvgIpc) is 2.35. The molecule has 1 rings (SSSR count). The third-order valence-corrected chi connectivity index (χ3v) is 5.19. The number of carbonyl (C=O) groups excluding carboxylic acids is 1. The number of carbonyl (C=O) groups is 1. The second-order valence-electron chi connectivity index (χ2n) is 5.10. The number of nitrogens with two attached hydrogens (primary N) is 1. The Labute approximate surface area is 121 Å². The van der Waals surface area contributed by atoms with Crippen molar-refractivity contribution < 1.29 is 18.1 Å². The van der Waals surface area contributed by atoms with Gasteiger partial charge < -0.3 is 11.1 Å². The molecule has 10 heteroatoms. The summed E-state index contributed by atoms with van der Waals surface area (Å²) in [5, 5.41) is 13.0. The zero-order chi connectivity index (χ0) is 16.4. The van der Waals surface area contributed by atoms with Crippen molar-refractivity contribution in [3.8, 4) is 0 Å². The molecule has 0 bridgehead atoms. The molecular formula is C11H16N4O5S. The number of nitrogen functional groups attached to an aromatic ring is 1. The number of amides is 1. The minimum atomic E-state index is -3.38. The normalized spacial score (nSPS) is 12.0. The van der Waals surface area contributed by atoms with Gasteiger partial charge >= 0.3 is 0 Å². The van der Waals surface area contributed by atoms with Crippen LogP contribution in [0.3, 0.4) is 0 Å². The van der Waals surface area contributed by atoms with Crippen molar-refractivity contribution >= 4 is 27.2 Å². The van der Waals surface area contributed by atoms with E-state index in [2.05, 4.69) is 10.3 Å². The Morgan fingerprint density at radius 2 is 2.10 bits per heavy atom. The number of nitrogens with zero attached hydrogens (tertiary/aromatic N) is 2. The number of nitrogens with one attached hydrogen (secondary N) is 1. The Kier molecular flexibility index (Phi) is 4.52. The Bertz CT molecular complexity index is 684. The number of pyridine rings is 1. The molecule has 1 heterocycles. The first-order valence-electron chi connectivity index (χ1n) is 5.83. The molecule has 0 aliphatic rings. The van der Waals surface area contributed by atoms with Crippen LogP contribution in [0.2, 0.25) is 0 Å². The summed E-state index contributed by atoms with van der Waals surface area (Å²) in [5.41, 5.74) is 4.95. The van der Waals surface area contributed by atoms with E-state index in [1.54, 1.807) is 0 Å². The number of rotatable bonds is 5. The van der Waals surface area contributed by atoms with Crippen LogP contribution in [0.1, 0.15) is 24.2 Å². The van der Waals surface area contributed by atoms with Gasteiger partial charge in [0.25, 0.3) is 11.6 Å². The third-order valence-electron chi connectivity index (χ3n) is 3.04. The summed E-state index contributed by atoms with van der Waals surface area (Å²) in [5.74, 6) is -0.893. The highest BCUT2D eigenvalue weighted by molar-refractivity contribution is 7.92. The first kappa shape index (κ1) is 16.8. The van der Waals surface area contributed by atoms with Crippen LogP contribution in [0.4, 0.5) is 11.5 Å². The molecule has 9 nitrogen and oxygen atoms in total. The predicted molar refractivity (Wildman–Crippen MR) is 76.6 cm³/mol. The Hall–Kier alpha value is -2.23. The summed E-state index contributed by atoms with van der Waals surface area (Å²) >= 11 is 0. The fourth-order valence-electron chi connectivity index (χ4n) is 1.27. The van der Waals surface area contributed by atoms with Gasteiger partial charge in [0.1, 0.15) is 12.0 Å². The van der Waals surface area contributed by atoms with Crippen LogP contribution in [-0.4, -0.2) is 41.8 Å². The lowest BCUT2D eigenvalue weighted by Crippen LogP contribution is -2.43. The molecule has 0 unspecified atom stereocenters. The van der Waals surface area contributed by atoms with Gasteiger partial charge in [-0.05, 0) is 13.8 Å². The zero-order valence-corrected chi connectivity index (χ0v) is 12.6. The van der Waals surface area contributed by atoms with E-state index >= 15 is 0 Å². The maximum atomic E-state index is 12.0. The standard InChI is InChI=1S/C11H16N4O5S/c1-11(2,21(3,19)20)6-14-10(16)8-4-7(15(17)18)5-13-9(8)12/h4-5H,6H2,1-3H3,(H2,12,13)(H,14,16). The minimum Gasteiger partial charge on any atom is -0.383 e. The van der Waals surface area contributed by atoms with Crippen LogP contribution in [0.5, 0.6) is 0 Å². The van der Waals surface area contributed by atoms with Crippen molar-refractivity contribution in [3.05, 3.63) is 27.9 Å². The topological polar surface area (TPSA) is 145 Å². The largest absolute Gasteiger partial charge is 0.383 e. The summed E-state index contributed by atoms with van der Waals surface area (Å²) in [4.78, 5) is 25.5. The molecule has 0 aromatic carbocycles. The molecule has 3 N–H and O–H groups in total. The highest BCUT2D eigenvalue weighted by Gasteiger charge is 2.31. The average molecular weight is 316 g/mol. The van der Waals surface area contributed by atoms with Crippen molar-refractivity contribution in [1.82, 2.24) is 10.3 Å². The van der Waals surface area contributed by atoms with Gasteiger partial charge in [0.05, 0.1) is 15.2 Å². The van der Waals surface area contributed by atoms with E-state index in [0.717, 1.165) is 18.5 Å². The monoisotopic (exact) mass is 316 g/mol. The summed E-state index contributed by atoms with van der Waals surface area (Å²) < 4.78 is 21.9. The fraction of sp³-hybridized carbons (Fsp3) is 0.455. The molecule has 0 atom stereocenters. The van der Waals surface area contributed by atoms with E-state index in [4.69, 9.17) is 5.73 Å². The lowest BCUT2D eigenvalue weighted by atomic mass is 10.2. The van der Waals surface area contributed by atoms with Crippen molar-refractivity contribution in [2.45, 2.75) is 18.6 Å². The van der Waals surface area contributed by atoms with Gasteiger partial charge in [-0.15, -0.1) is 0 Å². The molecular weight excluding hydrogens is 300 g/mol. The highest BCUT2D eigenvalue weighted by Crippen LogP contribution is 2.18. The van der Waals surface area contributed by atoms with Gasteiger partial charge in [-0.1, -0.05) is 0 Å². The number of nitro groups is 1. The molecule has 0 aliphatic heterocycles. The Morgan fingerprint density at radius 1 is 1.52 bits per heavy atom. The maximum absolute atomic E-state index is 12.0. The molecule has 1 amide bonds. The number of aromatic nitrogens is 1. The molecule has 0 saturated carbocycles. The van der Waals surface area contributed by atoms with Crippen molar-refractivity contribution in [1.29, 1.82) is 0 Å². The number of anilines is 1. The smallest absolute Gasteiger partial charge is 0.288 e. The van der Waals surface area contributed by atoms with Crippen LogP contribution in [-0.2, 0) is 9.84 Å². The number of hydrogen-bond donors (Lipinski definition) is 2. The molecule has 1 aromatic rings. The van der Waals surface area contributed by atoms with Gasteiger partial charge in [0.2, 0.25) is 0 Å². The molecule has 0 radical (unpaired) electrons. The van der Waals surface area contributed by atoms with E-state index in [-0.39, 0.29) is 23.6 Å². The minimum absolute atomic E-state index is 0.160. The first-order valence-corrected chi connectivity index (χ1v) is 7.72. The summed E-state index contributed by atoms with van der Waals surface area (Å²) in [7, 11) is -3.38. The molecule has 0 spiro atoms. The Balaban J connectivity index is 2.96. The van der Waals surface area contributed by atoms with Gasteiger partial charge in [-0.3, -0.25) is 14.9 Å². The molecule has 21 heavy (non-hydrogen) atoms. The second-order valence-corrected chi connectivity index (χ2v) is 7.75. The Morgan fingerprint density at radius 3 is 2.57 bits per heavy atom. The van der Waals surface area contributed by atoms with Crippen LogP contribution in [0.15, 0.2) is 12.3 Å². The zero-order valence-electron chi connectivity index (χ0n) is 11.8. The molecule has 0 saturated heterocycles. The van der Waals surface area contributed by atoms with E-state index < -0.39 is 25.4 Å². The first-order chi connectivity index (χ1) is 9.45. The van der Waals surface area contributed by atoms with Gasteiger partial charge in [0, 0.05) is 18.9 Å². The fourth-order valence-corrected chi connectivity index (χ4v) is 1.60. The third kappa shape index (κ3) is 3.88. The van der Waals surface area contributed by atoms with Crippen LogP contribution >= 0.6 is 0 Å². The molecule has 116 valence electrons. The number of hydrogen-bond acceptors (Lipinski definition) is 7. The van der Waals surface area contributed by atoms with Crippen LogP contribution < -0.4 is 11.1 Å². The van der Waals surface area contributed by atoms with Gasteiger partial charge in [-0.2, -0.15) is 0 Å². The number of sulfone groups is 1. The van der Waals surface area contributed by atoms with Gasteiger partial charge in [0.15, 0.2) is 9.84 Å². The molecule has 1 aromatic heterocycles. The van der Waals surface area contributed by atoms with Crippen molar-refractivity contribution in [2.75, 3.05) is 18.5 Å². The maximum Gasteiger partial charge on any atom is 0.288 e. The lowest BCUT2D eigenvalue weighted by Gasteiger charge is -2.22. The summed E-state index contributed by atoms with van der Waals surface area (Å²) in [6, 6.07) is 0.991. The van der Waals surface area contributed by atoms with E-state index in [1.807, 2.05) is 0 Å². The summed E-state index contributed by atoms with van der Waals surface area (Å²) in [6.45, 7) is 2.75. The van der Waals surface area contributed by atoms with Crippen LogP contribution in [0, 0.1) is 10.1 Å². The SMILES string of the molecule is CC(C)(CNC(=O)c1cc([N+](=O)[O-])cnc1N)S(C)(=O)=O. The van der Waals surface area contributed by atoms with Crippen molar-refractivity contribution in [2.24, 2.45) is 0 Å².